The van der Waals surface area contributed by atoms with E-state index in [4.69, 9.17) is 11.6 Å². The Morgan fingerprint density at radius 1 is 1.19 bits per heavy atom. The van der Waals surface area contributed by atoms with Crippen LogP contribution >= 0.6 is 22.9 Å². The maximum absolute atomic E-state index is 12.1. The minimum atomic E-state index is -0.271. The first-order valence-corrected chi connectivity index (χ1v) is 9.26. The molecule has 2 N–H and O–H groups in total. The molecule has 0 atom stereocenters. The fraction of sp³-hybridized carbons (Fsp3) is 0.105. The quantitative estimate of drug-likeness (QED) is 0.470. The number of rotatable bonds is 6. The van der Waals surface area contributed by atoms with E-state index in [2.05, 4.69) is 27.8 Å². The first-order valence-electron chi connectivity index (χ1n) is 8.06. The van der Waals surface area contributed by atoms with Gasteiger partial charge in [0.1, 0.15) is 0 Å². The van der Waals surface area contributed by atoms with E-state index in [1.165, 1.54) is 23.1 Å². The molecule has 2 aromatic carbocycles. The minimum Gasteiger partial charge on any atom is -0.331 e. The highest BCUT2D eigenvalue weighted by Gasteiger charge is 2.08. The van der Waals surface area contributed by atoms with Crippen molar-refractivity contribution in [2.75, 3.05) is 5.32 Å². The summed E-state index contributed by atoms with van der Waals surface area (Å²) >= 11 is 7.48. The van der Waals surface area contributed by atoms with Crippen molar-refractivity contribution in [2.45, 2.75) is 13.3 Å². The number of anilines is 2. The lowest BCUT2D eigenvalue weighted by molar-refractivity contribution is 0.0955. The van der Waals surface area contributed by atoms with Crippen molar-refractivity contribution in [3.8, 4) is 0 Å². The molecule has 0 unspecified atom stereocenters. The molecule has 0 saturated heterocycles. The molecule has 1 aromatic heterocycles. The molecule has 0 saturated carbocycles. The highest BCUT2D eigenvalue weighted by atomic mass is 35.5. The zero-order chi connectivity index (χ0) is 18.4. The summed E-state index contributed by atoms with van der Waals surface area (Å²) in [6.07, 6.45) is 2.43. The molecule has 0 aliphatic rings. The molecule has 0 radical (unpaired) electrons. The van der Waals surface area contributed by atoms with E-state index in [9.17, 15) is 4.79 Å². The van der Waals surface area contributed by atoms with Crippen LogP contribution in [0, 0.1) is 0 Å². The molecular weight excluding hydrogens is 368 g/mol. The number of hydrazone groups is 1. The summed E-state index contributed by atoms with van der Waals surface area (Å²) in [6, 6.07) is 17.1. The summed E-state index contributed by atoms with van der Waals surface area (Å²) in [5, 5.41) is 8.14. The van der Waals surface area contributed by atoms with Crippen molar-refractivity contribution in [3.05, 3.63) is 75.8 Å². The zero-order valence-corrected chi connectivity index (χ0v) is 15.6. The molecule has 3 rings (SSSR count). The van der Waals surface area contributed by atoms with E-state index >= 15 is 0 Å². The van der Waals surface area contributed by atoms with Gasteiger partial charge in [0.15, 0.2) is 10.3 Å². The normalized spacial score (nSPS) is 10.8. The molecule has 3 aromatic rings. The van der Waals surface area contributed by atoms with E-state index in [0.717, 1.165) is 12.1 Å². The topological polar surface area (TPSA) is 66.4 Å². The van der Waals surface area contributed by atoms with Crippen molar-refractivity contribution < 1.29 is 4.79 Å². The third kappa shape index (κ3) is 4.68. The number of benzene rings is 2. The van der Waals surface area contributed by atoms with Gasteiger partial charge in [-0.05, 0) is 36.2 Å². The van der Waals surface area contributed by atoms with Crippen LogP contribution < -0.4 is 10.7 Å². The highest BCUT2D eigenvalue weighted by molar-refractivity contribution is 7.17. The van der Waals surface area contributed by atoms with E-state index in [-0.39, 0.29) is 5.91 Å². The van der Waals surface area contributed by atoms with Crippen molar-refractivity contribution in [2.24, 2.45) is 5.10 Å². The average molecular weight is 385 g/mol. The maximum atomic E-state index is 12.1. The molecule has 0 aliphatic heterocycles. The van der Waals surface area contributed by atoms with E-state index in [1.54, 1.807) is 12.1 Å². The predicted molar refractivity (Wildman–Crippen MR) is 108 cm³/mol. The molecule has 0 aliphatic carbocycles. The van der Waals surface area contributed by atoms with Gasteiger partial charge in [-0.3, -0.25) is 4.79 Å². The third-order valence-corrected chi connectivity index (χ3v) is 4.91. The molecule has 1 heterocycles. The third-order valence-electron chi connectivity index (χ3n) is 3.61. The first-order chi connectivity index (χ1) is 12.7. The van der Waals surface area contributed by atoms with Crippen LogP contribution in [0.1, 0.15) is 27.7 Å². The Balaban J connectivity index is 1.62. The van der Waals surface area contributed by atoms with Gasteiger partial charge in [0.2, 0.25) is 0 Å². The number of carbonyl (C=O) groups excluding carboxylic acids is 1. The standard InChI is InChI=1S/C19H17ClN4OS/c1-2-13-8-10-14(11-9-13)18(25)24-21-12-16-17(20)23-19(26-16)22-15-6-4-3-5-7-15/h3-12H,2H2,1H3,(H,22,23)(H,24,25)/b21-12+. The van der Waals surface area contributed by atoms with Gasteiger partial charge >= 0.3 is 0 Å². The molecule has 1 amide bonds. The SMILES string of the molecule is CCc1ccc(C(=O)N/N=C/c2sc(Nc3ccccc3)nc2Cl)cc1. The smallest absolute Gasteiger partial charge is 0.271 e. The molecular formula is C19H17ClN4OS. The van der Waals surface area contributed by atoms with E-state index in [0.29, 0.717) is 20.7 Å². The summed E-state index contributed by atoms with van der Waals surface area (Å²) in [5.74, 6) is -0.271. The second-order valence-electron chi connectivity index (χ2n) is 5.41. The van der Waals surface area contributed by atoms with Crippen molar-refractivity contribution in [1.82, 2.24) is 10.4 Å². The molecule has 132 valence electrons. The lowest BCUT2D eigenvalue weighted by atomic mass is 10.1. The van der Waals surface area contributed by atoms with Crippen LogP contribution in [-0.4, -0.2) is 17.1 Å². The number of aryl methyl sites for hydroxylation is 1. The average Bonchev–Trinajstić information content (AvgIpc) is 3.01. The number of nitrogens with zero attached hydrogens (tertiary/aromatic N) is 2. The van der Waals surface area contributed by atoms with Crippen LogP contribution in [0.15, 0.2) is 59.7 Å². The Hall–Kier alpha value is -2.70. The number of carbonyl (C=O) groups is 1. The summed E-state index contributed by atoms with van der Waals surface area (Å²) in [4.78, 5) is 17.0. The maximum Gasteiger partial charge on any atom is 0.271 e. The largest absolute Gasteiger partial charge is 0.331 e. The Morgan fingerprint density at radius 2 is 1.92 bits per heavy atom. The fourth-order valence-corrected chi connectivity index (χ4v) is 3.25. The van der Waals surface area contributed by atoms with Crippen LogP contribution in [-0.2, 0) is 6.42 Å². The number of nitrogens with one attached hydrogen (secondary N) is 2. The number of aromatic nitrogens is 1. The van der Waals surface area contributed by atoms with Crippen molar-refractivity contribution >= 4 is 45.9 Å². The second-order valence-corrected chi connectivity index (χ2v) is 6.80. The summed E-state index contributed by atoms with van der Waals surface area (Å²) < 4.78 is 0. The fourth-order valence-electron chi connectivity index (χ4n) is 2.20. The Kier molecular flexibility index (Phi) is 5.99. The monoisotopic (exact) mass is 384 g/mol. The minimum absolute atomic E-state index is 0.271. The molecule has 0 bridgehead atoms. The second kappa shape index (κ2) is 8.60. The van der Waals surface area contributed by atoms with Gasteiger partial charge in [-0.15, -0.1) is 0 Å². The predicted octanol–water partition coefficient (Wildman–Crippen LogP) is 4.87. The van der Waals surface area contributed by atoms with Crippen LogP contribution in [0.3, 0.4) is 0 Å². The Labute approximate surface area is 160 Å². The number of halogens is 1. The lowest BCUT2D eigenvalue weighted by Crippen LogP contribution is -2.17. The molecule has 26 heavy (non-hydrogen) atoms. The van der Waals surface area contributed by atoms with Gasteiger partial charge in [0.25, 0.3) is 5.91 Å². The highest BCUT2D eigenvalue weighted by Crippen LogP contribution is 2.27. The van der Waals surface area contributed by atoms with Crippen molar-refractivity contribution in [3.63, 3.8) is 0 Å². The summed E-state index contributed by atoms with van der Waals surface area (Å²) in [5.41, 5.74) is 5.16. The van der Waals surface area contributed by atoms with Crippen LogP contribution in [0.4, 0.5) is 10.8 Å². The Bertz CT molecular complexity index is 907. The van der Waals surface area contributed by atoms with E-state index < -0.39 is 0 Å². The van der Waals surface area contributed by atoms with Gasteiger partial charge in [-0.25, -0.2) is 10.4 Å². The van der Waals surface area contributed by atoms with Gasteiger partial charge in [-0.1, -0.05) is 60.2 Å². The van der Waals surface area contributed by atoms with Gasteiger partial charge in [0, 0.05) is 11.3 Å². The summed E-state index contributed by atoms with van der Waals surface area (Å²) in [6.45, 7) is 2.07. The molecule has 7 heteroatoms. The lowest BCUT2D eigenvalue weighted by Gasteiger charge is -2.01. The molecule has 0 fully saturated rings. The zero-order valence-electron chi connectivity index (χ0n) is 14.1. The summed E-state index contributed by atoms with van der Waals surface area (Å²) in [7, 11) is 0. The van der Waals surface area contributed by atoms with E-state index in [1.807, 2.05) is 42.5 Å². The van der Waals surface area contributed by atoms with Crippen molar-refractivity contribution in [1.29, 1.82) is 0 Å². The van der Waals surface area contributed by atoms with Gasteiger partial charge in [-0.2, -0.15) is 5.10 Å². The van der Waals surface area contributed by atoms with Crippen LogP contribution in [0.25, 0.3) is 0 Å². The first kappa shape index (κ1) is 18.1. The van der Waals surface area contributed by atoms with Gasteiger partial charge < -0.3 is 5.32 Å². The molecule has 5 nitrogen and oxygen atoms in total. The van der Waals surface area contributed by atoms with Gasteiger partial charge in [0.05, 0.1) is 11.1 Å². The molecule has 0 spiro atoms. The van der Waals surface area contributed by atoms with Crippen LogP contribution in [0.5, 0.6) is 0 Å². The Morgan fingerprint density at radius 3 is 2.62 bits per heavy atom. The number of para-hydroxylation sites is 1. The van der Waals surface area contributed by atoms with Crippen LogP contribution in [0.2, 0.25) is 5.15 Å². The number of hydrogen-bond acceptors (Lipinski definition) is 5. The number of hydrogen-bond donors (Lipinski definition) is 2. The number of amides is 1. The number of thiazole rings is 1.